The highest BCUT2D eigenvalue weighted by molar-refractivity contribution is 7.99. The first-order valence-electron chi connectivity index (χ1n) is 2.86. The van der Waals surface area contributed by atoms with Crippen LogP contribution in [0, 0.1) is 0 Å². The molecule has 0 unspecified atom stereocenters. The van der Waals surface area contributed by atoms with Crippen LogP contribution >= 0.6 is 11.8 Å². The van der Waals surface area contributed by atoms with Crippen LogP contribution in [-0.2, 0) is 9.59 Å². The molecule has 0 rings (SSSR count). The summed E-state index contributed by atoms with van der Waals surface area (Å²) in [6.45, 7) is 0. The second-order valence-corrected chi connectivity index (χ2v) is 2.87. The molecule has 6 heteroatoms. The van der Waals surface area contributed by atoms with E-state index in [9.17, 15) is 9.59 Å². The molecule has 0 aliphatic rings. The SMILES string of the molecule is [B]NC(=O)C[C@H](SC)C(=O)O. The lowest BCUT2D eigenvalue weighted by molar-refractivity contribution is -0.138. The molecule has 4 nitrogen and oxygen atoms in total. The summed E-state index contributed by atoms with van der Waals surface area (Å²) in [5.74, 6) is -1.46. The van der Waals surface area contributed by atoms with E-state index in [1.807, 2.05) is 5.23 Å². The Balaban J connectivity index is 3.88. The van der Waals surface area contributed by atoms with Gasteiger partial charge in [-0.15, -0.1) is 11.8 Å². The van der Waals surface area contributed by atoms with Crippen LogP contribution in [0.3, 0.4) is 0 Å². The first kappa shape index (κ1) is 10.4. The zero-order valence-corrected chi connectivity index (χ0v) is 6.85. The Hall–Kier alpha value is -0.645. The molecule has 0 bridgehead atoms. The van der Waals surface area contributed by atoms with Crippen LogP contribution in [0.1, 0.15) is 6.42 Å². The lowest BCUT2D eigenvalue weighted by Gasteiger charge is -2.06. The van der Waals surface area contributed by atoms with E-state index in [1.54, 1.807) is 6.26 Å². The molecular weight excluding hydrogens is 165 g/mol. The van der Waals surface area contributed by atoms with E-state index in [-0.39, 0.29) is 6.42 Å². The van der Waals surface area contributed by atoms with Crippen LogP contribution in [0.25, 0.3) is 0 Å². The third-order valence-corrected chi connectivity index (χ3v) is 2.03. The minimum Gasteiger partial charge on any atom is -0.480 e. The molecule has 0 heterocycles. The largest absolute Gasteiger partial charge is 0.480 e. The van der Waals surface area contributed by atoms with E-state index in [2.05, 4.69) is 0 Å². The number of thioether (sulfide) groups is 1. The van der Waals surface area contributed by atoms with Crippen molar-refractivity contribution in [1.82, 2.24) is 5.23 Å². The highest BCUT2D eigenvalue weighted by Gasteiger charge is 2.18. The molecule has 1 amide bonds. The van der Waals surface area contributed by atoms with Gasteiger partial charge < -0.3 is 10.3 Å². The summed E-state index contributed by atoms with van der Waals surface area (Å²) in [7, 11) is 4.77. The smallest absolute Gasteiger partial charge is 0.317 e. The molecule has 0 fully saturated rings. The van der Waals surface area contributed by atoms with E-state index >= 15 is 0 Å². The highest BCUT2D eigenvalue weighted by Crippen LogP contribution is 2.10. The summed E-state index contributed by atoms with van der Waals surface area (Å²) in [6.07, 6.45) is 1.54. The van der Waals surface area contributed by atoms with Crippen molar-refractivity contribution >= 4 is 31.6 Å². The zero-order chi connectivity index (χ0) is 8.85. The third-order valence-electron chi connectivity index (χ3n) is 1.09. The van der Waals surface area contributed by atoms with Crippen LogP contribution in [0.15, 0.2) is 0 Å². The summed E-state index contributed by atoms with van der Waals surface area (Å²) >= 11 is 1.11. The fourth-order valence-corrected chi connectivity index (χ4v) is 1.02. The van der Waals surface area contributed by atoms with Crippen molar-refractivity contribution in [2.24, 2.45) is 0 Å². The second-order valence-electron chi connectivity index (χ2n) is 1.83. The van der Waals surface area contributed by atoms with Gasteiger partial charge in [0, 0.05) is 6.42 Å². The first-order valence-corrected chi connectivity index (χ1v) is 4.15. The van der Waals surface area contributed by atoms with Crippen molar-refractivity contribution in [2.45, 2.75) is 11.7 Å². The highest BCUT2D eigenvalue weighted by atomic mass is 32.2. The first-order chi connectivity index (χ1) is 5.11. The molecule has 60 valence electrons. The van der Waals surface area contributed by atoms with Gasteiger partial charge in [0.1, 0.15) is 5.25 Å². The molecule has 2 radical (unpaired) electrons. The minimum atomic E-state index is -0.999. The van der Waals surface area contributed by atoms with E-state index in [1.165, 1.54) is 0 Å². The van der Waals surface area contributed by atoms with Gasteiger partial charge in [0.25, 0.3) is 0 Å². The predicted molar refractivity (Wildman–Crippen MR) is 43.5 cm³/mol. The molecule has 0 aromatic rings. The van der Waals surface area contributed by atoms with Crippen LogP contribution in [-0.4, -0.2) is 36.5 Å². The monoisotopic (exact) mass is 173 g/mol. The maximum atomic E-state index is 10.6. The van der Waals surface area contributed by atoms with Crippen molar-refractivity contribution in [1.29, 1.82) is 0 Å². The Morgan fingerprint density at radius 1 is 1.73 bits per heavy atom. The third kappa shape index (κ3) is 3.92. The normalized spacial score (nSPS) is 12.1. The number of nitrogens with one attached hydrogen (secondary N) is 1. The molecular formula is C5H8BNO3S. The molecule has 0 saturated carbocycles. The average Bonchev–Trinajstić information content (AvgIpc) is 1.99. The Bertz CT molecular complexity index is 164. The lowest BCUT2D eigenvalue weighted by atomic mass is 10.2. The van der Waals surface area contributed by atoms with Gasteiger partial charge in [-0.2, -0.15) is 0 Å². The number of carbonyl (C=O) groups is 2. The molecule has 0 saturated heterocycles. The molecule has 11 heavy (non-hydrogen) atoms. The molecule has 0 aromatic carbocycles. The quantitative estimate of drug-likeness (QED) is 0.556. The van der Waals surface area contributed by atoms with Crippen molar-refractivity contribution in [2.75, 3.05) is 6.26 Å². The topological polar surface area (TPSA) is 66.4 Å². The number of carboxylic acid groups (broad SMARTS) is 1. The fourth-order valence-electron chi connectivity index (χ4n) is 0.499. The number of rotatable bonds is 4. The van der Waals surface area contributed by atoms with Crippen LogP contribution < -0.4 is 5.23 Å². The number of hydrogen-bond donors (Lipinski definition) is 2. The molecule has 2 N–H and O–H groups in total. The van der Waals surface area contributed by atoms with E-state index in [4.69, 9.17) is 13.1 Å². The summed E-state index contributed by atoms with van der Waals surface area (Å²) in [5.41, 5.74) is 0. The van der Waals surface area contributed by atoms with Crippen molar-refractivity contribution < 1.29 is 14.7 Å². The lowest BCUT2D eigenvalue weighted by Crippen LogP contribution is -2.27. The number of aliphatic carboxylic acids is 1. The maximum Gasteiger partial charge on any atom is 0.317 e. The van der Waals surface area contributed by atoms with Crippen molar-refractivity contribution in [3.63, 3.8) is 0 Å². The van der Waals surface area contributed by atoms with Gasteiger partial charge in [-0.3, -0.25) is 9.59 Å². The second kappa shape index (κ2) is 5.06. The van der Waals surface area contributed by atoms with Crippen molar-refractivity contribution in [3.05, 3.63) is 0 Å². The summed E-state index contributed by atoms with van der Waals surface area (Å²) in [6, 6.07) is 0. The van der Waals surface area contributed by atoms with Gasteiger partial charge in [-0.1, -0.05) is 0 Å². The van der Waals surface area contributed by atoms with E-state index in [0.717, 1.165) is 11.8 Å². The maximum absolute atomic E-state index is 10.6. The molecule has 1 atom stereocenters. The zero-order valence-electron chi connectivity index (χ0n) is 6.03. The van der Waals surface area contributed by atoms with Crippen LogP contribution in [0.5, 0.6) is 0 Å². The van der Waals surface area contributed by atoms with E-state index in [0.29, 0.717) is 0 Å². The van der Waals surface area contributed by atoms with Crippen LogP contribution in [0.4, 0.5) is 0 Å². The van der Waals surface area contributed by atoms with Crippen molar-refractivity contribution in [3.8, 4) is 0 Å². The van der Waals surface area contributed by atoms with Gasteiger partial charge in [0.2, 0.25) is 13.9 Å². The Morgan fingerprint density at radius 2 is 2.27 bits per heavy atom. The molecule has 0 spiro atoms. The number of carbonyl (C=O) groups excluding carboxylic acids is 1. The van der Waals surface area contributed by atoms with Gasteiger partial charge >= 0.3 is 5.97 Å². The Labute approximate surface area is 70.2 Å². The molecule has 0 aliphatic carbocycles. The van der Waals surface area contributed by atoms with Crippen LogP contribution in [0.2, 0.25) is 0 Å². The number of carboxylic acids is 1. The molecule has 0 aliphatic heterocycles. The Kier molecular flexibility index (Phi) is 4.77. The molecule has 0 aromatic heterocycles. The predicted octanol–water partition coefficient (Wildman–Crippen LogP) is -0.608. The van der Waals surface area contributed by atoms with Gasteiger partial charge in [-0.05, 0) is 6.26 Å². The standard InChI is InChI=1S/C5H8BNO3S/c1-11-3(5(9)10)2-4(8)7-6/h3H,2H2,1H3,(H,7,8)(H,9,10)/t3-/m0/s1. The van der Waals surface area contributed by atoms with Gasteiger partial charge in [0.15, 0.2) is 0 Å². The number of amides is 1. The number of hydrogen-bond acceptors (Lipinski definition) is 3. The van der Waals surface area contributed by atoms with Gasteiger partial charge in [0.05, 0.1) is 0 Å². The summed E-state index contributed by atoms with van der Waals surface area (Å²) < 4.78 is 0. The Morgan fingerprint density at radius 3 is 2.55 bits per heavy atom. The summed E-state index contributed by atoms with van der Waals surface area (Å²) in [5, 5.41) is 9.64. The van der Waals surface area contributed by atoms with Gasteiger partial charge in [-0.25, -0.2) is 0 Å². The fraction of sp³-hybridized carbons (Fsp3) is 0.600. The van der Waals surface area contributed by atoms with E-state index < -0.39 is 17.1 Å². The minimum absolute atomic E-state index is 0.0903. The summed E-state index contributed by atoms with van der Waals surface area (Å²) in [4.78, 5) is 20.9. The average molecular weight is 173 g/mol.